The smallest absolute Gasteiger partial charge is 0.337 e. The number of aryl methyl sites for hydroxylation is 2. The van der Waals surface area contributed by atoms with Gasteiger partial charge in [0, 0.05) is 17.8 Å². The second-order valence-corrected chi connectivity index (χ2v) is 7.60. The maximum atomic E-state index is 12.2. The molecule has 1 aliphatic rings. The number of para-hydroxylation sites is 1. The van der Waals surface area contributed by atoms with Crippen LogP contribution in [0.15, 0.2) is 59.5 Å². The first-order chi connectivity index (χ1) is 14.5. The third kappa shape index (κ3) is 3.76. The van der Waals surface area contributed by atoms with Crippen molar-refractivity contribution in [2.75, 3.05) is 7.11 Å². The van der Waals surface area contributed by atoms with Crippen molar-refractivity contribution in [2.45, 2.75) is 38.0 Å². The number of H-pyrrole nitrogens is 1. The number of carbonyl (C=O) groups excluding carboxylic acids is 1. The summed E-state index contributed by atoms with van der Waals surface area (Å²) in [6, 6.07) is 12.6. The molecule has 0 spiro atoms. The van der Waals surface area contributed by atoms with Crippen LogP contribution >= 0.6 is 0 Å². The van der Waals surface area contributed by atoms with Gasteiger partial charge in [-0.15, -0.1) is 0 Å². The van der Waals surface area contributed by atoms with Gasteiger partial charge in [-0.25, -0.2) is 9.59 Å². The van der Waals surface area contributed by atoms with Gasteiger partial charge in [0.1, 0.15) is 6.10 Å². The summed E-state index contributed by atoms with van der Waals surface area (Å²) in [7, 11) is 1.36. The van der Waals surface area contributed by atoms with E-state index in [1.54, 1.807) is 16.7 Å². The number of hydrogen-bond donors (Lipinski definition) is 3. The number of nitrogens with one attached hydrogen (secondary N) is 2. The Morgan fingerprint density at radius 2 is 2.07 bits per heavy atom. The van der Waals surface area contributed by atoms with Gasteiger partial charge in [-0.1, -0.05) is 30.8 Å². The van der Waals surface area contributed by atoms with Crippen molar-refractivity contribution in [3.05, 3.63) is 81.9 Å². The number of aromatic amines is 1. The lowest BCUT2D eigenvalue weighted by Crippen LogP contribution is -2.34. The van der Waals surface area contributed by atoms with E-state index in [9.17, 15) is 14.7 Å². The Morgan fingerprint density at radius 1 is 1.30 bits per heavy atom. The van der Waals surface area contributed by atoms with Crippen molar-refractivity contribution in [2.24, 2.45) is 0 Å². The molecule has 3 N–H and O–H groups in total. The lowest BCUT2D eigenvalue weighted by Gasteiger charge is -2.25. The van der Waals surface area contributed by atoms with Gasteiger partial charge in [0.15, 0.2) is 0 Å². The lowest BCUT2D eigenvalue weighted by atomic mass is 9.99. The molecule has 30 heavy (non-hydrogen) atoms. The number of imidazole rings is 1. The lowest BCUT2D eigenvalue weighted by molar-refractivity contribution is 0.0600. The SMILES string of the molecule is C=C(CCc1ccc(C(=O)OC)cc1)N[C@@H]1CCn2c(=O)[nH]c3cccc(c32)C1O. The molecule has 2 atom stereocenters. The highest BCUT2D eigenvalue weighted by atomic mass is 16.5. The predicted molar refractivity (Wildman–Crippen MR) is 114 cm³/mol. The zero-order valence-corrected chi connectivity index (χ0v) is 16.9. The van der Waals surface area contributed by atoms with Crippen molar-refractivity contribution in [3.63, 3.8) is 0 Å². The average molecular weight is 407 g/mol. The molecule has 2 heterocycles. The summed E-state index contributed by atoms with van der Waals surface area (Å²) in [5.41, 5.74) is 4.53. The van der Waals surface area contributed by atoms with Crippen LogP contribution in [0.25, 0.3) is 11.0 Å². The number of ether oxygens (including phenoxy) is 1. The number of aliphatic hydroxyl groups is 1. The van der Waals surface area contributed by atoms with Crippen LogP contribution in [0.1, 0.15) is 40.4 Å². The summed E-state index contributed by atoms with van der Waals surface area (Å²) in [4.78, 5) is 26.6. The molecule has 2 aromatic carbocycles. The Balaban J connectivity index is 1.41. The van der Waals surface area contributed by atoms with Gasteiger partial charge in [0.25, 0.3) is 0 Å². The van der Waals surface area contributed by atoms with Gasteiger partial charge in [-0.05, 0) is 43.0 Å². The van der Waals surface area contributed by atoms with Crippen LogP contribution in [0, 0.1) is 0 Å². The summed E-state index contributed by atoms with van der Waals surface area (Å²) < 4.78 is 6.41. The zero-order valence-electron chi connectivity index (χ0n) is 16.9. The molecule has 0 amide bonds. The highest BCUT2D eigenvalue weighted by molar-refractivity contribution is 5.89. The molecular formula is C23H25N3O4. The summed E-state index contributed by atoms with van der Waals surface area (Å²) in [6.45, 7) is 4.64. The van der Waals surface area contributed by atoms with E-state index in [1.165, 1.54) is 7.11 Å². The molecular weight excluding hydrogens is 382 g/mol. The third-order valence-corrected chi connectivity index (χ3v) is 5.67. The highest BCUT2D eigenvalue weighted by Crippen LogP contribution is 2.30. The monoisotopic (exact) mass is 407 g/mol. The molecule has 7 nitrogen and oxygen atoms in total. The van der Waals surface area contributed by atoms with Gasteiger partial charge in [-0.3, -0.25) is 4.57 Å². The predicted octanol–water partition coefficient (Wildman–Crippen LogP) is 2.66. The largest absolute Gasteiger partial charge is 0.465 e. The number of nitrogens with zero attached hydrogens (tertiary/aromatic N) is 1. The number of rotatable bonds is 6. The van der Waals surface area contributed by atoms with E-state index in [4.69, 9.17) is 4.74 Å². The maximum Gasteiger partial charge on any atom is 0.337 e. The van der Waals surface area contributed by atoms with Crippen molar-refractivity contribution < 1.29 is 14.6 Å². The van der Waals surface area contributed by atoms with Gasteiger partial charge >= 0.3 is 11.7 Å². The van der Waals surface area contributed by atoms with Gasteiger partial charge < -0.3 is 20.1 Å². The summed E-state index contributed by atoms with van der Waals surface area (Å²) >= 11 is 0. The van der Waals surface area contributed by atoms with E-state index in [0.717, 1.165) is 34.3 Å². The molecule has 1 aromatic heterocycles. The van der Waals surface area contributed by atoms with Crippen molar-refractivity contribution in [1.29, 1.82) is 0 Å². The van der Waals surface area contributed by atoms with E-state index < -0.39 is 6.10 Å². The Bertz CT molecular complexity index is 1140. The number of aliphatic hydroxyl groups excluding tert-OH is 1. The number of aromatic nitrogens is 2. The van der Waals surface area contributed by atoms with Gasteiger partial charge in [0.2, 0.25) is 0 Å². The first-order valence-electron chi connectivity index (χ1n) is 9.99. The molecule has 1 unspecified atom stereocenters. The second kappa shape index (κ2) is 8.20. The molecule has 1 aliphatic heterocycles. The fourth-order valence-corrected chi connectivity index (χ4v) is 4.05. The normalized spacial score (nSPS) is 18.1. The molecule has 0 radical (unpaired) electrons. The fourth-order valence-electron chi connectivity index (χ4n) is 4.05. The molecule has 7 heteroatoms. The first-order valence-corrected chi connectivity index (χ1v) is 9.99. The third-order valence-electron chi connectivity index (χ3n) is 5.67. The molecule has 0 fully saturated rings. The van der Waals surface area contributed by atoms with Crippen molar-refractivity contribution >= 4 is 17.0 Å². The van der Waals surface area contributed by atoms with E-state index in [1.807, 2.05) is 30.3 Å². The standard InChI is InChI=1S/C23H25N3O4/c1-14(6-7-15-8-10-16(11-9-15)22(28)30-2)24-19-12-13-26-20-17(21(19)27)4-3-5-18(20)25-23(26)29/h3-5,8-11,19,21,24,27H,1,6-7,12-13H2,2H3,(H,25,29)/t19-,21?/m1/s1. The van der Waals surface area contributed by atoms with Crippen LogP contribution in [0.2, 0.25) is 0 Å². The Kier molecular flexibility index (Phi) is 5.46. The van der Waals surface area contributed by atoms with Crippen LogP contribution in [0.5, 0.6) is 0 Å². The molecule has 156 valence electrons. The van der Waals surface area contributed by atoms with E-state index in [2.05, 4.69) is 16.9 Å². The topological polar surface area (TPSA) is 96.4 Å². The summed E-state index contributed by atoms with van der Waals surface area (Å²) in [6.07, 6.45) is 1.31. The first kappa shape index (κ1) is 20.0. The summed E-state index contributed by atoms with van der Waals surface area (Å²) in [5.74, 6) is -0.352. The number of hydrogen-bond acceptors (Lipinski definition) is 5. The fraction of sp³-hybridized carbons (Fsp3) is 0.304. The molecule has 0 saturated heterocycles. The average Bonchev–Trinajstić information content (AvgIpc) is 3.01. The molecule has 0 bridgehead atoms. The van der Waals surface area contributed by atoms with Crippen LogP contribution in [-0.4, -0.2) is 33.8 Å². The number of carbonyl (C=O) groups is 1. The van der Waals surface area contributed by atoms with Crippen LogP contribution in [-0.2, 0) is 17.7 Å². The van der Waals surface area contributed by atoms with E-state index in [-0.39, 0.29) is 17.7 Å². The molecule has 3 aromatic rings. The zero-order chi connectivity index (χ0) is 21.3. The Morgan fingerprint density at radius 3 is 2.80 bits per heavy atom. The van der Waals surface area contributed by atoms with Gasteiger partial charge in [-0.2, -0.15) is 0 Å². The number of esters is 1. The number of allylic oxidation sites excluding steroid dienone is 1. The van der Waals surface area contributed by atoms with Gasteiger partial charge in [0.05, 0.1) is 29.7 Å². The summed E-state index contributed by atoms with van der Waals surface area (Å²) in [5, 5.41) is 14.3. The van der Waals surface area contributed by atoms with Crippen LogP contribution in [0.3, 0.4) is 0 Å². The van der Waals surface area contributed by atoms with Crippen molar-refractivity contribution in [1.82, 2.24) is 14.9 Å². The molecule has 0 saturated carbocycles. The number of methoxy groups -OCH3 is 1. The van der Waals surface area contributed by atoms with E-state index >= 15 is 0 Å². The second-order valence-electron chi connectivity index (χ2n) is 7.60. The van der Waals surface area contributed by atoms with Crippen LogP contribution in [0.4, 0.5) is 0 Å². The van der Waals surface area contributed by atoms with Crippen molar-refractivity contribution in [3.8, 4) is 0 Å². The minimum absolute atomic E-state index is 0.153. The maximum absolute atomic E-state index is 12.2. The van der Waals surface area contributed by atoms with Crippen LogP contribution < -0.4 is 11.0 Å². The van der Waals surface area contributed by atoms with E-state index in [0.29, 0.717) is 24.9 Å². The number of benzene rings is 2. The molecule has 0 aliphatic carbocycles. The molecule has 4 rings (SSSR count). The quantitative estimate of drug-likeness (QED) is 0.546. The Hall–Kier alpha value is -3.32. The Labute approximate surface area is 174 Å². The minimum atomic E-state index is -0.742. The highest BCUT2D eigenvalue weighted by Gasteiger charge is 2.28. The minimum Gasteiger partial charge on any atom is -0.465 e.